The summed E-state index contributed by atoms with van der Waals surface area (Å²) in [5.74, 6) is -1.28. The van der Waals surface area contributed by atoms with E-state index in [1.54, 1.807) is 48.5 Å². The van der Waals surface area contributed by atoms with Gasteiger partial charge in [0.2, 0.25) is 5.91 Å². The number of carbonyl (C=O) groups is 2. The molecule has 0 spiro atoms. The monoisotopic (exact) mass is 378 g/mol. The van der Waals surface area contributed by atoms with E-state index in [9.17, 15) is 19.5 Å². The minimum absolute atomic E-state index is 0.0669. The Kier molecular flexibility index (Phi) is 5.67. The first kappa shape index (κ1) is 19.1. The SMILES string of the molecule is COCC(=O)Nc1cccc(C=CC(=O)c2c(O)c3ccccc3[nH]c2=O)c1. The molecule has 0 bridgehead atoms. The van der Waals surface area contributed by atoms with Crippen molar-refractivity contribution in [1.82, 2.24) is 4.98 Å². The van der Waals surface area contributed by atoms with Crippen LogP contribution in [-0.4, -0.2) is 35.5 Å². The lowest BCUT2D eigenvalue weighted by Gasteiger charge is -2.06. The van der Waals surface area contributed by atoms with Crippen LogP contribution in [0.25, 0.3) is 17.0 Å². The molecule has 142 valence electrons. The first-order valence-electron chi connectivity index (χ1n) is 8.45. The fourth-order valence-corrected chi connectivity index (χ4v) is 2.76. The number of nitrogens with one attached hydrogen (secondary N) is 2. The summed E-state index contributed by atoms with van der Waals surface area (Å²) in [6.07, 6.45) is 2.71. The molecule has 1 aromatic heterocycles. The lowest BCUT2D eigenvalue weighted by Crippen LogP contribution is -2.17. The summed E-state index contributed by atoms with van der Waals surface area (Å²) >= 11 is 0. The van der Waals surface area contributed by atoms with E-state index < -0.39 is 11.3 Å². The molecule has 0 aliphatic carbocycles. The molecular weight excluding hydrogens is 360 g/mol. The highest BCUT2D eigenvalue weighted by Gasteiger charge is 2.16. The van der Waals surface area contributed by atoms with Crippen molar-refractivity contribution in [1.29, 1.82) is 0 Å². The number of rotatable bonds is 6. The molecule has 0 aliphatic heterocycles. The second-order valence-electron chi connectivity index (χ2n) is 6.03. The number of aromatic hydroxyl groups is 1. The Morgan fingerprint density at radius 1 is 1.18 bits per heavy atom. The Balaban J connectivity index is 1.86. The fraction of sp³-hybridized carbons (Fsp3) is 0.0952. The number of anilines is 1. The highest BCUT2D eigenvalue weighted by molar-refractivity contribution is 6.11. The zero-order valence-electron chi connectivity index (χ0n) is 15.1. The predicted molar refractivity (Wildman–Crippen MR) is 107 cm³/mol. The molecule has 1 heterocycles. The van der Waals surface area contributed by atoms with Crippen molar-refractivity contribution in [3.05, 3.63) is 76.1 Å². The average Bonchev–Trinajstić information content (AvgIpc) is 2.67. The van der Waals surface area contributed by atoms with Crippen LogP contribution in [0, 0.1) is 0 Å². The van der Waals surface area contributed by atoms with Crippen molar-refractivity contribution in [2.45, 2.75) is 0 Å². The minimum atomic E-state index is -0.661. The topological polar surface area (TPSA) is 108 Å². The molecule has 0 atom stereocenters. The molecule has 2 aromatic carbocycles. The number of hydrogen-bond acceptors (Lipinski definition) is 5. The molecule has 0 aliphatic rings. The Morgan fingerprint density at radius 2 is 1.96 bits per heavy atom. The van der Waals surface area contributed by atoms with E-state index in [1.807, 2.05) is 0 Å². The van der Waals surface area contributed by atoms with Crippen LogP contribution in [0.15, 0.2) is 59.4 Å². The van der Waals surface area contributed by atoms with Crippen LogP contribution in [0.5, 0.6) is 5.75 Å². The number of amides is 1. The number of ketones is 1. The third-order valence-corrected chi connectivity index (χ3v) is 4.01. The van der Waals surface area contributed by atoms with E-state index in [-0.39, 0.29) is 23.8 Å². The van der Waals surface area contributed by atoms with Gasteiger partial charge in [-0.25, -0.2) is 0 Å². The van der Waals surface area contributed by atoms with E-state index in [0.717, 1.165) is 0 Å². The van der Waals surface area contributed by atoms with Gasteiger partial charge in [0, 0.05) is 18.2 Å². The standard InChI is InChI=1S/C21H18N2O5/c1-28-12-18(25)22-14-6-4-5-13(11-14)9-10-17(24)19-20(26)15-7-2-3-8-16(15)23-21(19)27/h2-11H,12H2,1H3,(H,22,25)(H2,23,26,27). The Labute approximate surface area is 160 Å². The van der Waals surface area contributed by atoms with Crippen LogP contribution in [-0.2, 0) is 9.53 Å². The molecule has 28 heavy (non-hydrogen) atoms. The van der Waals surface area contributed by atoms with E-state index in [2.05, 4.69) is 10.3 Å². The summed E-state index contributed by atoms with van der Waals surface area (Å²) in [6, 6.07) is 13.5. The molecule has 0 radical (unpaired) electrons. The summed E-state index contributed by atoms with van der Waals surface area (Å²) in [7, 11) is 1.42. The van der Waals surface area contributed by atoms with Crippen LogP contribution in [0.1, 0.15) is 15.9 Å². The molecule has 0 unspecified atom stereocenters. The van der Waals surface area contributed by atoms with Gasteiger partial charge in [-0.05, 0) is 35.9 Å². The van der Waals surface area contributed by atoms with Gasteiger partial charge >= 0.3 is 0 Å². The second-order valence-corrected chi connectivity index (χ2v) is 6.03. The van der Waals surface area contributed by atoms with Gasteiger partial charge in [-0.15, -0.1) is 0 Å². The minimum Gasteiger partial charge on any atom is -0.506 e. The Bertz CT molecular complexity index is 1130. The van der Waals surface area contributed by atoms with Crippen LogP contribution in [0.4, 0.5) is 5.69 Å². The van der Waals surface area contributed by atoms with Crippen molar-refractivity contribution in [3.63, 3.8) is 0 Å². The maximum Gasteiger partial charge on any atom is 0.263 e. The summed E-state index contributed by atoms with van der Waals surface area (Å²) < 4.78 is 4.76. The lowest BCUT2D eigenvalue weighted by atomic mass is 10.1. The van der Waals surface area contributed by atoms with Crippen LogP contribution < -0.4 is 10.9 Å². The molecule has 3 N–H and O–H groups in total. The van der Waals surface area contributed by atoms with Crippen LogP contribution >= 0.6 is 0 Å². The maximum atomic E-state index is 12.5. The lowest BCUT2D eigenvalue weighted by molar-refractivity contribution is -0.119. The fourth-order valence-electron chi connectivity index (χ4n) is 2.76. The number of carbonyl (C=O) groups excluding carboxylic acids is 2. The molecule has 0 saturated heterocycles. The zero-order valence-corrected chi connectivity index (χ0v) is 15.1. The number of aromatic nitrogens is 1. The molecule has 1 amide bonds. The van der Waals surface area contributed by atoms with E-state index >= 15 is 0 Å². The smallest absolute Gasteiger partial charge is 0.263 e. The van der Waals surface area contributed by atoms with E-state index in [4.69, 9.17) is 4.74 Å². The van der Waals surface area contributed by atoms with Gasteiger partial charge in [0.1, 0.15) is 17.9 Å². The summed E-state index contributed by atoms with van der Waals surface area (Å²) in [5.41, 5.74) is 0.652. The number of H-pyrrole nitrogens is 1. The van der Waals surface area contributed by atoms with Gasteiger partial charge < -0.3 is 20.1 Å². The van der Waals surface area contributed by atoms with Gasteiger partial charge in [-0.1, -0.05) is 30.3 Å². The number of aromatic amines is 1. The summed E-state index contributed by atoms with van der Waals surface area (Å²) in [6.45, 7) is -0.0669. The van der Waals surface area contributed by atoms with E-state index in [1.165, 1.54) is 19.3 Å². The Hall–Kier alpha value is -3.71. The van der Waals surface area contributed by atoms with Gasteiger partial charge in [-0.3, -0.25) is 14.4 Å². The van der Waals surface area contributed by atoms with E-state index in [0.29, 0.717) is 22.2 Å². The van der Waals surface area contributed by atoms with Crippen molar-refractivity contribution in [2.24, 2.45) is 0 Å². The van der Waals surface area contributed by atoms with Crippen LogP contribution in [0.2, 0.25) is 0 Å². The quantitative estimate of drug-likeness (QED) is 0.451. The molecule has 3 rings (SSSR count). The summed E-state index contributed by atoms with van der Waals surface area (Å²) in [4.78, 5) is 38.9. The van der Waals surface area contributed by atoms with Gasteiger partial charge in [-0.2, -0.15) is 0 Å². The van der Waals surface area contributed by atoms with Gasteiger partial charge in [0.05, 0.1) is 5.52 Å². The maximum absolute atomic E-state index is 12.5. The molecule has 0 fully saturated rings. The number of ether oxygens (including phenoxy) is 1. The normalized spacial score (nSPS) is 11.0. The zero-order chi connectivity index (χ0) is 20.1. The number of allylic oxidation sites excluding steroid dienone is 1. The largest absolute Gasteiger partial charge is 0.506 e. The molecule has 0 saturated carbocycles. The highest BCUT2D eigenvalue weighted by atomic mass is 16.5. The van der Waals surface area contributed by atoms with Crippen molar-refractivity contribution in [3.8, 4) is 5.75 Å². The Morgan fingerprint density at radius 3 is 2.75 bits per heavy atom. The van der Waals surface area contributed by atoms with Crippen LogP contribution in [0.3, 0.4) is 0 Å². The highest BCUT2D eigenvalue weighted by Crippen LogP contribution is 2.25. The third-order valence-electron chi connectivity index (χ3n) is 4.01. The predicted octanol–water partition coefficient (Wildman–Crippen LogP) is 2.71. The van der Waals surface area contributed by atoms with Gasteiger partial charge in [0.15, 0.2) is 5.78 Å². The number of methoxy groups -OCH3 is 1. The molecular formula is C21H18N2O5. The second kappa shape index (κ2) is 8.32. The number of hydrogen-bond donors (Lipinski definition) is 3. The first-order chi connectivity index (χ1) is 13.5. The summed E-state index contributed by atoms with van der Waals surface area (Å²) in [5, 5.41) is 13.4. The van der Waals surface area contributed by atoms with Crippen molar-refractivity contribution < 1.29 is 19.4 Å². The molecule has 7 heteroatoms. The average molecular weight is 378 g/mol. The number of para-hydroxylation sites is 1. The first-order valence-corrected chi connectivity index (χ1v) is 8.45. The number of fused-ring (bicyclic) bond motifs is 1. The molecule has 3 aromatic rings. The van der Waals surface area contributed by atoms with Crippen molar-refractivity contribution >= 4 is 34.4 Å². The molecule has 7 nitrogen and oxygen atoms in total. The number of pyridine rings is 1. The number of benzene rings is 2. The third kappa shape index (κ3) is 4.16. The van der Waals surface area contributed by atoms with Crippen molar-refractivity contribution in [2.75, 3.05) is 19.0 Å². The van der Waals surface area contributed by atoms with Gasteiger partial charge in [0.25, 0.3) is 5.56 Å².